The van der Waals surface area contributed by atoms with Crippen molar-refractivity contribution in [3.05, 3.63) is 35.4 Å². The van der Waals surface area contributed by atoms with Gasteiger partial charge in [-0.1, -0.05) is 63.4 Å². The standard InChI is InChI=1S/C18H28N2O/c1-5-6-7-16-18(21)20(12-13(2)3)17(19-16)15-10-8-14(4)9-11-15/h8-11,13,16-17,19H,5-7,12H2,1-4H3. The van der Waals surface area contributed by atoms with Gasteiger partial charge in [-0.15, -0.1) is 0 Å². The highest BCUT2D eigenvalue weighted by atomic mass is 16.2. The Morgan fingerprint density at radius 2 is 1.90 bits per heavy atom. The molecule has 1 N–H and O–H groups in total. The molecule has 0 aromatic heterocycles. The first-order valence-electron chi connectivity index (χ1n) is 8.16. The summed E-state index contributed by atoms with van der Waals surface area (Å²) in [5.74, 6) is 0.747. The smallest absolute Gasteiger partial charge is 0.241 e. The molecule has 2 atom stereocenters. The fourth-order valence-corrected chi connectivity index (χ4v) is 2.91. The topological polar surface area (TPSA) is 32.3 Å². The van der Waals surface area contributed by atoms with Gasteiger partial charge in [0.2, 0.25) is 5.91 Å². The van der Waals surface area contributed by atoms with Gasteiger partial charge < -0.3 is 4.90 Å². The average molecular weight is 288 g/mol. The number of aryl methyl sites for hydroxylation is 1. The summed E-state index contributed by atoms with van der Waals surface area (Å²) < 4.78 is 0. The van der Waals surface area contributed by atoms with E-state index < -0.39 is 0 Å². The number of carbonyl (C=O) groups excluding carboxylic acids is 1. The molecule has 116 valence electrons. The Bertz CT molecular complexity index is 467. The van der Waals surface area contributed by atoms with Gasteiger partial charge in [-0.3, -0.25) is 10.1 Å². The highest BCUT2D eigenvalue weighted by Crippen LogP contribution is 2.28. The van der Waals surface area contributed by atoms with Crippen LogP contribution in [0.5, 0.6) is 0 Å². The maximum atomic E-state index is 12.7. The molecule has 0 radical (unpaired) electrons. The van der Waals surface area contributed by atoms with Gasteiger partial charge in [-0.05, 0) is 24.8 Å². The first kappa shape index (κ1) is 16.0. The number of hydrogen-bond acceptors (Lipinski definition) is 2. The van der Waals surface area contributed by atoms with Crippen LogP contribution in [-0.4, -0.2) is 23.4 Å². The highest BCUT2D eigenvalue weighted by Gasteiger charge is 2.39. The van der Waals surface area contributed by atoms with Crippen LogP contribution in [0.15, 0.2) is 24.3 Å². The summed E-state index contributed by atoms with van der Waals surface area (Å²) in [5, 5.41) is 3.54. The van der Waals surface area contributed by atoms with Crippen molar-refractivity contribution in [3.8, 4) is 0 Å². The highest BCUT2D eigenvalue weighted by molar-refractivity contribution is 5.84. The number of amides is 1. The van der Waals surface area contributed by atoms with Crippen molar-refractivity contribution < 1.29 is 4.79 Å². The summed E-state index contributed by atoms with van der Waals surface area (Å²) in [4.78, 5) is 14.7. The Morgan fingerprint density at radius 3 is 2.48 bits per heavy atom. The molecular formula is C18H28N2O. The van der Waals surface area contributed by atoms with Gasteiger partial charge >= 0.3 is 0 Å². The van der Waals surface area contributed by atoms with Crippen LogP contribution in [0, 0.1) is 12.8 Å². The van der Waals surface area contributed by atoms with Crippen LogP contribution in [0.4, 0.5) is 0 Å². The quantitative estimate of drug-likeness (QED) is 0.866. The van der Waals surface area contributed by atoms with Gasteiger partial charge in [0.05, 0.1) is 6.04 Å². The molecule has 0 aliphatic carbocycles. The van der Waals surface area contributed by atoms with E-state index in [1.807, 2.05) is 4.90 Å². The molecule has 2 rings (SSSR count). The van der Waals surface area contributed by atoms with E-state index in [-0.39, 0.29) is 18.1 Å². The molecule has 2 unspecified atom stereocenters. The molecule has 0 saturated carbocycles. The number of unbranched alkanes of at least 4 members (excludes halogenated alkanes) is 1. The van der Waals surface area contributed by atoms with Crippen molar-refractivity contribution in [1.82, 2.24) is 10.2 Å². The van der Waals surface area contributed by atoms with Crippen molar-refractivity contribution in [1.29, 1.82) is 0 Å². The van der Waals surface area contributed by atoms with E-state index >= 15 is 0 Å². The number of nitrogens with one attached hydrogen (secondary N) is 1. The maximum Gasteiger partial charge on any atom is 0.241 e. The van der Waals surface area contributed by atoms with Gasteiger partial charge in [0, 0.05) is 6.54 Å². The number of hydrogen-bond donors (Lipinski definition) is 1. The van der Waals surface area contributed by atoms with E-state index in [9.17, 15) is 4.79 Å². The Kier molecular flexibility index (Phi) is 5.40. The second kappa shape index (κ2) is 7.08. The summed E-state index contributed by atoms with van der Waals surface area (Å²) in [6.07, 6.45) is 3.19. The van der Waals surface area contributed by atoms with E-state index in [0.717, 1.165) is 25.8 Å². The third kappa shape index (κ3) is 3.85. The monoisotopic (exact) mass is 288 g/mol. The van der Waals surface area contributed by atoms with Crippen molar-refractivity contribution in [2.45, 2.75) is 59.2 Å². The molecular weight excluding hydrogens is 260 g/mol. The fraction of sp³-hybridized carbons (Fsp3) is 0.611. The van der Waals surface area contributed by atoms with Gasteiger partial charge in [0.25, 0.3) is 0 Å². The lowest BCUT2D eigenvalue weighted by atomic mass is 10.1. The summed E-state index contributed by atoms with van der Waals surface area (Å²) in [5.41, 5.74) is 2.44. The molecule has 1 aliphatic rings. The van der Waals surface area contributed by atoms with Crippen LogP contribution in [0.1, 0.15) is 57.3 Å². The lowest BCUT2D eigenvalue weighted by Crippen LogP contribution is -2.34. The summed E-state index contributed by atoms with van der Waals surface area (Å²) in [6, 6.07) is 8.49. The molecule has 3 heteroatoms. The Morgan fingerprint density at radius 1 is 1.24 bits per heavy atom. The molecule has 3 nitrogen and oxygen atoms in total. The van der Waals surface area contributed by atoms with E-state index in [0.29, 0.717) is 5.92 Å². The van der Waals surface area contributed by atoms with E-state index in [1.165, 1.54) is 11.1 Å². The minimum atomic E-state index is -0.0185. The number of rotatable bonds is 6. The van der Waals surface area contributed by atoms with Crippen LogP contribution < -0.4 is 5.32 Å². The lowest BCUT2D eigenvalue weighted by Gasteiger charge is -2.26. The summed E-state index contributed by atoms with van der Waals surface area (Å²) >= 11 is 0. The summed E-state index contributed by atoms with van der Waals surface area (Å²) in [7, 11) is 0. The van der Waals surface area contributed by atoms with Crippen molar-refractivity contribution in [3.63, 3.8) is 0 Å². The fourth-order valence-electron chi connectivity index (χ4n) is 2.91. The molecule has 1 aromatic rings. The van der Waals surface area contributed by atoms with Crippen LogP contribution >= 0.6 is 0 Å². The lowest BCUT2D eigenvalue weighted by molar-refractivity contribution is -0.130. The molecule has 1 aromatic carbocycles. The molecule has 1 saturated heterocycles. The third-order valence-electron chi connectivity index (χ3n) is 4.05. The zero-order valence-corrected chi connectivity index (χ0v) is 13.7. The van der Waals surface area contributed by atoms with Gasteiger partial charge in [-0.25, -0.2) is 0 Å². The zero-order valence-electron chi connectivity index (χ0n) is 13.7. The second-order valence-electron chi connectivity index (χ2n) is 6.56. The Balaban J connectivity index is 2.19. The minimum absolute atomic E-state index is 0.0185. The summed E-state index contributed by atoms with van der Waals surface area (Å²) in [6.45, 7) is 9.40. The predicted octanol–water partition coefficient (Wildman–Crippen LogP) is 3.64. The first-order valence-corrected chi connectivity index (χ1v) is 8.16. The molecule has 0 spiro atoms. The van der Waals surface area contributed by atoms with Crippen molar-refractivity contribution >= 4 is 5.91 Å². The molecule has 1 heterocycles. The molecule has 1 fully saturated rings. The molecule has 0 bridgehead atoms. The Hall–Kier alpha value is -1.35. The second-order valence-corrected chi connectivity index (χ2v) is 6.56. The van der Waals surface area contributed by atoms with Crippen LogP contribution in [0.25, 0.3) is 0 Å². The maximum absolute atomic E-state index is 12.7. The SMILES string of the molecule is CCCCC1NC(c2ccc(C)cc2)N(CC(C)C)C1=O. The zero-order chi connectivity index (χ0) is 15.4. The third-order valence-corrected chi connectivity index (χ3v) is 4.05. The van der Waals surface area contributed by atoms with Gasteiger partial charge in [0.1, 0.15) is 6.17 Å². The van der Waals surface area contributed by atoms with Gasteiger partial charge in [0.15, 0.2) is 0 Å². The molecule has 1 aliphatic heterocycles. The average Bonchev–Trinajstić information content (AvgIpc) is 2.74. The van der Waals surface area contributed by atoms with Crippen LogP contribution in [-0.2, 0) is 4.79 Å². The van der Waals surface area contributed by atoms with Gasteiger partial charge in [-0.2, -0.15) is 0 Å². The van der Waals surface area contributed by atoms with Crippen molar-refractivity contribution in [2.24, 2.45) is 5.92 Å². The first-order chi connectivity index (χ1) is 10.0. The number of nitrogens with zero attached hydrogens (tertiary/aromatic N) is 1. The van der Waals surface area contributed by atoms with Crippen molar-refractivity contribution in [2.75, 3.05) is 6.54 Å². The predicted molar refractivity (Wildman–Crippen MR) is 86.9 cm³/mol. The van der Waals surface area contributed by atoms with E-state index in [1.54, 1.807) is 0 Å². The van der Waals surface area contributed by atoms with E-state index in [2.05, 4.69) is 57.3 Å². The van der Waals surface area contributed by atoms with Crippen LogP contribution in [0.2, 0.25) is 0 Å². The molecule has 1 amide bonds. The molecule has 21 heavy (non-hydrogen) atoms. The van der Waals surface area contributed by atoms with E-state index in [4.69, 9.17) is 0 Å². The minimum Gasteiger partial charge on any atom is -0.321 e. The number of benzene rings is 1. The largest absolute Gasteiger partial charge is 0.321 e. The van der Waals surface area contributed by atoms with Crippen LogP contribution in [0.3, 0.4) is 0 Å². The normalized spacial score (nSPS) is 22.3. The Labute approximate surface area is 128 Å². The number of carbonyl (C=O) groups is 1.